The smallest absolute Gasteiger partial charge is 0.342 e. The molecule has 0 aromatic heterocycles. The predicted octanol–water partition coefficient (Wildman–Crippen LogP) is 9.75. The van der Waals surface area contributed by atoms with Crippen LogP contribution in [0.4, 0.5) is 0 Å². The Labute approximate surface area is 530 Å². The lowest BCUT2D eigenvalue weighted by atomic mass is 9.82. The summed E-state index contributed by atoms with van der Waals surface area (Å²) in [7, 11) is 0. The van der Waals surface area contributed by atoms with E-state index in [0.717, 1.165) is 36.4 Å². The van der Waals surface area contributed by atoms with Crippen LogP contribution in [0.25, 0.3) is 0 Å². The average Bonchev–Trinajstić information content (AvgIpc) is 1.05. The number of unbranched alkanes of at least 4 members (excludes halogenated alkanes) is 2. The maximum Gasteiger partial charge on any atom is 0.342 e. The molecule has 0 atom stereocenters. The van der Waals surface area contributed by atoms with Crippen LogP contribution >= 0.6 is 0 Å². The van der Waals surface area contributed by atoms with Crippen LogP contribution < -0.4 is 18.9 Å². The van der Waals surface area contributed by atoms with Gasteiger partial charge in [-0.2, -0.15) is 0 Å². The van der Waals surface area contributed by atoms with Crippen molar-refractivity contribution in [2.75, 3.05) is 52.9 Å². The number of hydrogen-bond donors (Lipinski definition) is 0. The Morgan fingerprint density at radius 2 is 0.571 bits per heavy atom. The molecule has 3 saturated carbocycles. The largest absolute Gasteiger partial charge is 0.465 e. The third-order valence-corrected chi connectivity index (χ3v) is 14.2. The number of carbonyl (C=O) groups excluding carboxylic acids is 12. The van der Waals surface area contributed by atoms with Crippen LogP contribution in [0.5, 0.6) is 23.0 Å². The summed E-state index contributed by atoms with van der Waals surface area (Å²) >= 11 is 0. The van der Waals surface area contributed by atoms with Gasteiger partial charge in [0.15, 0.2) is 0 Å². The minimum absolute atomic E-state index is 0.0973. The Balaban J connectivity index is 0.00000419. The van der Waals surface area contributed by atoms with Crippen LogP contribution in [0.15, 0.2) is 87.0 Å². The van der Waals surface area contributed by atoms with Gasteiger partial charge in [-0.25, -0.2) is 28.8 Å². The SMILES string of the molecule is C=CC(=O)OCCCCOC(=O)C1CCC(C(=O)Oc2ccc(OC(=O)C3CCC(C(=O)Oc4ccc(OC(=O)C5CCC(C(=O)OCCCCOC(=O)C=C)CC5)c(C(=O)OCCOC(=O)C=C)c4)CC3)cc2C(=O)OCCOC(=O)C=C)CC1.CC.CCC. The fourth-order valence-corrected chi connectivity index (χ4v) is 9.40. The third-order valence-electron chi connectivity index (χ3n) is 14.2. The van der Waals surface area contributed by atoms with Crippen LogP contribution in [0.3, 0.4) is 0 Å². The first-order valence-corrected chi connectivity index (χ1v) is 30.8. The summed E-state index contributed by atoms with van der Waals surface area (Å²) in [5.74, 6) is -12.2. The second kappa shape index (κ2) is 42.9. The summed E-state index contributed by atoms with van der Waals surface area (Å²) in [4.78, 5) is 152. The first-order chi connectivity index (χ1) is 43.8. The van der Waals surface area contributed by atoms with E-state index in [0.29, 0.717) is 77.0 Å². The molecule has 3 aliphatic carbocycles. The second-order valence-electron chi connectivity index (χ2n) is 20.9. The highest BCUT2D eigenvalue weighted by Crippen LogP contribution is 2.37. The van der Waals surface area contributed by atoms with E-state index < -0.39 is 107 Å². The molecule has 0 amide bonds. The highest BCUT2D eigenvalue weighted by atomic mass is 16.6. The number of esters is 12. The van der Waals surface area contributed by atoms with Crippen LogP contribution in [-0.2, 0) is 85.8 Å². The Bertz CT molecular complexity index is 2620. The van der Waals surface area contributed by atoms with Crippen LogP contribution in [-0.4, -0.2) is 124 Å². The van der Waals surface area contributed by atoms with Crippen molar-refractivity contribution >= 4 is 71.6 Å². The van der Waals surface area contributed by atoms with E-state index in [1.807, 2.05) is 13.8 Å². The Morgan fingerprint density at radius 1 is 0.341 bits per heavy atom. The maximum atomic E-state index is 13.6. The molecule has 0 bridgehead atoms. The molecule has 24 heteroatoms. The van der Waals surface area contributed by atoms with E-state index in [1.165, 1.54) is 30.7 Å². The van der Waals surface area contributed by atoms with Crippen molar-refractivity contribution in [2.45, 2.75) is 137 Å². The first kappa shape index (κ1) is 76.3. The van der Waals surface area contributed by atoms with E-state index in [1.54, 1.807) is 0 Å². The van der Waals surface area contributed by atoms with Crippen molar-refractivity contribution in [1.29, 1.82) is 0 Å². The van der Waals surface area contributed by atoms with E-state index >= 15 is 0 Å². The van der Waals surface area contributed by atoms with Gasteiger partial charge in [-0.3, -0.25) is 28.8 Å². The van der Waals surface area contributed by atoms with Gasteiger partial charge in [0.2, 0.25) is 0 Å². The minimum atomic E-state index is -0.997. The standard InChI is InChI=1S/C62H72O24.C3H8.C2H6/c1-5-51(63)75-29-9-11-31-79-55(67)39-13-17-43(18-14-39)59(71)85-49-27-25-45(37-47(49)61(73)81-35-33-77-53(65)7-3)83-57(69)41-21-23-42(24-22-41)58(70)84-46-26-28-50(48(38-46)62(74)82-36-34-78-54(66)8-4)86-60(72)44-19-15-40(16-20-44)56(68)80-32-12-10-30-76-52(64)6-2;1-3-2;1-2/h5-8,25-28,37-44H,1-4,9-24,29-36H2;3H2,1-2H3;1-2H3. The molecule has 0 saturated heterocycles. The van der Waals surface area contributed by atoms with Crippen LogP contribution in [0, 0.1) is 35.5 Å². The lowest BCUT2D eigenvalue weighted by Gasteiger charge is -2.26. The number of hydrogen-bond acceptors (Lipinski definition) is 24. The lowest BCUT2D eigenvalue weighted by Crippen LogP contribution is -2.30. The monoisotopic (exact) mass is 1270 g/mol. The van der Waals surface area contributed by atoms with Gasteiger partial charge in [0.1, 0.15) is 60.6 Å². The Morgan fingerprint density at radius 3 is 0.846 bits per heavy atom. The molecule has 2 aromatic rings. The summed E-state index contributed by atoms with van der Waals surface area (Å²) in [6, 6.07) is 7.50. The molecule has 0 aliphatic heterocycles. The summed E-state index contributed by atoms with van der Waals surface area (Å²) in [5.41, 5.74) is -0.567. The molecule has 3 fully saturated rings. The summed E-state index contributed by atoms with van der Waals surface area (Å²) in [6.07, 6.45) is 10.5. The maximum absolute atomic E-state index is 13.6. The fourth-order valence-electron chi connectivity index (χ4n) is 9.40. The zero-order chi connectivity index (χ0) is 67.1. The average molecular weight is 1280 g/mol. The fraction of sp³-hybridized carbons (Fsp3) is 0.522. The van der Waals surface area contributed by atoms with E-state index in [9.17, 15) is 57.5 Å². The number of rotatable bonds is 32. The van der Waals surface area contributed by atoms with E-state index in [-0.39, 0.29) is 113 Å². The molecule has 0 spiro atoms. The highest BCUT2D eigenvalue weighted by Gasteiger charge is 2.36. The van der Waals surface area contributed by atoms with E-state index in [4.69, 9.17) is 56.8 Å². The molecule has 0 heterocycles. The Kier molecular flexibility index (Phi) is 35.9. The van der Waals surface area contributed by atoms with Crippen molar-refractivity contribution < 1.29 is 114 Å². The molecule has 0 unspecified atom stereocenters. The summed E-state index contributed by atoms with van der Waals surface area (Å²) in [5, 5.41) is 0. The van der Waals surface area contributed by atoms with Crippen LogP contribution in [0.1, 0.15) is 158 Å². The molecule has 0 radical (unpaired) electrons. The molecule has 3 aliphatic rings. The molecular formula is C67H86O24. The zero-order valence-corrected chi connectivity index (χ0v) is 52.5. The topological polar surface area (TPSA) is 316 Å². The molecule has 5 rings (SSSR count). The van der Waals surface area contributed by atoms with Gasteiger partial charge < -0.3 is 56.8 Å². The molecule has 498 valence electrons. The zero-order valence-electron chi connectivity index (χ0n) is 52.5. The third kappa shape index (κ3) is 27.8. The summed E-state index contributed by atoms with van der Waals surface area (Å²) < 4.78 is 63.8. The highest BCUT2D eigenvalue weighted by molar-refractivity contribution is 5.96. The Hall–Kier alpha value is -8.96. The normalized spacial score (nSPS) is 18.0. The van der Waals surface area contributed by atoms with Gasteiger partial charge in [0.25, 0.3) is 0 Å². The summed E-state index contributed by atoms with van der Waals surface area (Å²) in [6.45, 7) is 20.7. The van der Waals surface area contributed by atoms with Crippen molar-refractivity contribution in [3.63, 3.8) is 0 Å². The number of carbonyl (C=O) groups is 12. The van der Waals surface area contributed by atoms with Gasteiger partial charge in [-0.15, -0.1) is 0 Å². The second-order valence-corrected chi connectivity index (χ2v) is 20.9. The lowest BCUT2D eigenvalue weighted by molar-refractivity contribution is -0.152. The molecule has 2 aromatic carbocycles. The molecule has 91 heavy (non-hydrogen) atoms. The van der Waals surface area contributed by atoms with E-state index in [2.05, 4.69) is 40.2 Å². The van der Waals surface area contributed by atoms with Gasteiger partial charge in [-0.1, -0.05) is 60.4 Å². The van der Waals surface area contributed by atoms with Crippen molar-refractivity contribution in [3.8, 4) is 23.0 Å². The van der Waals surface area contributed by atoms with Gasteiger partial charge >= 0.3 is 71.6 Å². The minimum Gasteiger partial charge on any atom is -0.465 e. The molecular weight excluding hydrogens is 1190 g/mol. The number of ether oxygens (including phenoxy) is 12. The van der Waals surface area contributed by atoms with Gasteiger partial charge in [0, 0.05) is 24.3 Å². The van der Waals surface area contributed by atoms with Gasteiger partial charge in [0.05, 0.1) is 61.9 Å². The quantitative estimate of drug-likeness (QED) is 0.0216. The van der Waals surface area contributed by atoms with Crippen molar-refractivity contribution in [3.05, 3.63) is 98.1 Å². The van der Waals surface area contributed by atoms with Gasteiger partial charge in [-0.05, 0) is 139 Å². The molecule has 24 nitrogen and oxygen atoms in total. The predicted molar refractivity (Wildman–Crippen MR) is 325 cm³/mol. The van der Waals surface area contributed by atoms with Crippen molar-refractivity contribution in [1.82, 2.24) is 0 Å². The van der Waals surface area contributed by atoms with Crippen LogP contribution in [0.2, 0.25) is 0 Å². The molecule has 0 N–H and O–H groups in total. The number of benzene rings is 2. The van der Waals surface area contributed by atoms with Crippen molar-refractivity contribution in [2.24, 2.45) is 35.5 Å². The first-order valence-electron chi connectivity index (χ1n) is 30.8.